The van der Waals surface area contributed by atoms with Gasteiger partial charge in [0.1, 0.15) is 0 Å². The second-order valence-corrected chi connectivity index (χ2v) is 5.30. The molecule has 0 bridgehead atoms. The van der Waals surface area contributed by atoms with Gasteiger partial charge in [0.05, 0.1) is 6.54 Å². The van der Waals surface area contributed by atoms with Crippen molar-refractivity contribution in [1.82, 2.24) is 10.2 Å². The van der Waals surface area contributed by atoms with Gasteiger partial charge in [-0.3, -0.25) is 9.69 Å². The van der Waals surface area contributed by atoms with Crippen LogP contribution in [0.4, 0.5) is 0 Å². The molecule has 0 atom stereocenters. The van der Waals surface area contributed by atoms with Crippen molar-refractivity contribution < 1.29 is 9.53 Å². The summed E-state index contributed by atoms with van der Waals surface area (Å²) in [5.41, 5.74) is 5.62. The van der Waals surface area contributed by atoms with Crippen molar-refractivity contribution in [2.24, 2.45) is 5.73 Å². The molecule has 5 heteroatoms. The molecule has 1 saturated heterocycles. The van der Waals surface area contributed by atoms with Gasteiger partial charge in [0.2, 0.25) is 5.91 Å². The average molecular weight is 255 g/mol. The second kappa shape index (κ2) is 7.07. The van der Waals surface area contributed by atoms with Gasteiger partial charge < -0.3 is 15.8 Å². The van der Waals surface area contributed by atoms with Gasteiger partial charge >= 0.3 is 0 Å². The molecule has 0 unspecified atom stereocenters. The highest BCUT2D eigenvalue weighted by Gasteiger charge is 2.26. The van der Waals surface area contributed by atoms with Crippen LogP contribution in [0.25, 0.3) is 0 Å². The van der Waals surface area contributed by atoms with E-state index < -0.39 is 0 Å². The molecule has 0 aromatic heterocycles. The predicted molar refractivity (Wildman–Crippen MR) is 70.3 cm³/mol. The largest absolute Gasteiger partial charge is 0.381 e. The van der Waals surface area contributed by atoms with E-state index >= 15 is 0 Å². The normalized spacial score (nSPS) is 21.9. The van der Waals surface area contributed by atoms with Crippen LogP contribution >= 0.6 is 0 Å². The monoisotopic (exact) mass is 255 g/mol. The Morgan fingerprint density at radius 1 is 1.28 bits per heavy atom. The van der Waals surface area contributed by atoms with Gasteiger partial charge in [-0.05, 0) is 25.7 Å². The molecule has 0 spiro atoms. The van der Waals surface area contributed by atoms with Crippen molar-refractivity contribution in [2.45, 2.75) is 44.2 Å². The van der Waals surface area contributed by atoms with Gasteiger partial charge in [0, 0.05) is 38.4 Å². The SMILES string of the molecule is NCCN(CC(=O)NC1CCOCC1)C1CCC1. The van der Waals surface area contributed by atoms with Gasteiger partial charge in [-0.15, -0.1) is 0 Å². The maximum atomic E-state index is 12.0. The maximum Gasteiger partial charge on any atom is 0.234 e. The summed E-state index contributed by atoms with van der Waals surface area (Å²) in [4.78, 5) is 14.2. The minimum Gasteiger partial charge on any atom is -0.381 e. The molecule has 3 N–H and O–H groups in total. The zero-order valence-corrected chi connectivity index (χ0v) is 11.1. The Morgan fingerprint density at radius 2 is 2.00 bits per heavy atom. The Bertz CT molecular complexity index is 263. The Labute approximate surface area is 109 Å². The predicted octanol–water partition coefficient (Wildman–Crippen LogP) is 0.0948. The summed E-state index contributed by atoms with van der Waals surface area (Å²) >= 11 is 0. The van der Waals surface area contributed by atoms with E-state index in [9.17, 15) is 4.79 Å². The lowest BCUT2D eigenvalue weighted by molar-refractivity contribution is -0.124. The average Bonchev–Trinajstić information content (AvgIpc) is 2.28. The molecule has 0 aromatic rings. The molecule has 2 rings (SSSR count). The van der Waals surface area contributed by atoms with Crippen LogP contribution in [0, 0.1) is 0 Å². The first kappa shape index (κ1) is 13.8. The van der Waals surface area contributed by atoms with Crippen LogP contribution in [0.5, 0.6) is 0 Å². The minimum atomic E-state index is 0.141. The minimum absolute atomic E-state index is 0.141. The summed E-state index contributed by atoms with van der Waals surface area (Å²) in [5.74, 6) is 0.141. The molecule has 1 heterocycles. The fourth-order valence-corrected chi connectivity index (χ4v) is 2.61. The zero-order valence-electron chi connectivity index (χ0n) is 11.1. The third-order valence-electron chi connectivity index (χ3n) is 3.94. The number of nitrogens with one attached hydrogen (secondary N) is 1. The Morgan fingerprint density at radius 3 is 2.56 bits per heavy atom. The molecule has 0 radical (unpaired) electrons. The van der Waals surface area contributed by atoms with Crippen LogP contribution in [-0.4, -0.2) is 55.7 Å². The smallest absolute Gasteiger partial charge is 0.234 e. The number of amides is 1. The molecule has 1 amide bonds. The topological polar surface area (TPSA) is 67.6 Å². The molecule has 1 aliphatic carbocycles. The van der Waals surface area contributed by atoms with Crippen molar-refractivity contribution in [1.29, 1.82) is 0 Å². The third-order valence-corrected chi connectivity index (χ3v) is 3.94. The zero-order chi connectivity index (χ0) is 12.8. The number of hydrogen-bond donors (Lipinski definition) is 2. The van der Waals surface area contributed by atoms with Gasteiger partial charge in [-0.2, -0.15) is 0 Å². The summed E-state index contributed by atoms with van der Waals surface area (Å²) in [6, 6.07) is 0.876. The fourth-order valence-electron chi connectivity index (χ4n) is 2.61. The van der Waals surface area contributed by atoms with E-state index in [-0.39, 0.29) is 5.91 Å². The summed E-state index contributed by atoms with van der Waals surface area (Å²) in [7, 11) is 0. The first-order valence-electron chi connectivity index (χ1n) is 7.11. The molecular weight excluding hydrogens is 230 g/mol. The van der Waals surface area contributed by atoms with E-state index in [1.165, 1.54) is 19.3 Å². The van der Waals surface area contributed by atoms with E-state index in [4.69, 9.17) is 10.5 Å². The molecular formula is C13H25N3O2. The number of carbonyl (C=O) groups is 1. The number of nitrogens with zero attached hydrogens (tertiary/aromatic N) is 1. The van der Waals surface area contributed by atoms with E-state index in [1.54, 1.807) is 0 Å². The highest BCUT2D eigenvalue weighted by atomic mass is 16.5. The van der Waals surface area contributed by atoms with Gasteiger partial charge in [-0.1, -0.05) is 6.42 Å². The Balaban J connectivity index is 1.73. The van der Waals surface area contributed by atoms with E-state index in [1.807, 2.05) is 0 Å². The van der Waals surface area contributed by atoms with E-state index in [2.05, 4.69) is 10.2 Å². The number of nitrogens with two attached hydrogens (primary N) is 1. The summed E-state index contributed by atoms with van der Waals surface area (Å²) in [6.45, 7) is 3.48. The van der Waals surface area contributed by atoms with Crippen molar-refractivity contribution in [3.63, 3.8) is 0 Å². The standard InChI is InChI=1S/C13H25N3O2/c14-6-7-16(12-2-1-3-12)10-13(17)15-11-4-8-18-9-5-11/h11-12H,1-10,14H2,(H,15,17). The van der Waals surface area contributed by atoms with Gasteiger partial charge in [0.15, 0.2) is 0 Å². The highest BCUT2D eigenvalue weighted by molar-refractivity contribution is 5.78. The second-order valence-electron chi connectivity index (χ2n) is 5.30. The molecule has 0 aromatic carbocycles. The van der Waals surface area contributed by atoms with Crippen LogP contribution in [0.15, 0.2) is 0 Å². The Hall–Kier alpha value is -0.650. The first-order valence-corrected chi connectivity index (χ1v) is 7.11. The van der Waals surface area contributed by atoms with Crippen LogP contribution in [0.3, 0.4) is 0 Å². The number of rotatable bonds is 6. The van der Waals surface area contributed by atoms with Crippen molar-refractivity contribution >= 4 is 5.91 Å². The first-order chi connectivity index (χ1) is 8.79. The molecule has 18 heavy (non-hydrogen) atoms. The molecule has 2 fully saturated rings. The number of carbonyl (C=O) groups excluding carboxylic acids is 1. The molecule has 5 nitrogen and oxygen atoms in total. The Kier molecular flexibility index (Phi) is 5.41. The fraction of sp³-hybridized carbons (Fsp3) is 0.923. The van der Waals surface area contributed by atoms with Crippen molar-refractivity contribution in [3.8, 4) is 0 Å². The third kappa shape index (κ3) is 3.93. The summed E-state index contributed by atoms with van der Waals surface area (Å²) in [6.07, 6.45) is 5.58. The summed E-state index contributed by atoms with van der Waals surface area (Å²) in [5, 5.41) is 3.11. The van der Waals surface area contributed by atoms with Crippen LogP contribution in [0.1, 0.15) is 32.1 Å². The summed E-state index contributed by atoms with van der Waals surface area (Å²) < 4.78 is 5.29. The van der Waals surface area contributed by atoms with Crippen molar-refractivity contribution in [2.75, 3.05) is 32.8 Å². The molecule has 1 saturated carbocycles. The van der Waals surface area contributed by atoms with Crippen LogP contribution < -0.4 is 11.1 Å². The molecule has 2 aliphatic rings. The lowest BCUT2D eigenvalue weighted by Gasteiger charge is -2.37. The van der Waals surface area contributed by atoms with Crippen molar-refractivity contribution in [3.05, 3.63) is 0 Å². The highest BCUT2D eigenvalue weighted by Crippen LogP contribution is 2.24. The van der Waals surface area contributed by atoms with Crippen LogP contribution in [0.2, 0.25) is 0 Å². The lowest BCUT2D eigenvalue weighted by atomic mass is 9.91. The lowest BCUT2D eigenvalue weighted by Crippen LogP contribution is -2.50. The number of ether oxygens (including phenoxy) is 1. The number of hydrogen-bond acceptors (Lipinski definition) is 4. The van der Waals surface area contributed by atoms with E-state index in [0.717, 1.165) is 32.6 Å². The van der Waals surface area contributed by atoms with Crippen LogP contribution in [-0.2, 0) is 9.53 Å². The molecule has 104 valence electrons. The van der Waals surface area contributed by atoms with E-state index in [0.29, 0.717) is 25.2 Å². The van der Waals surface area contributed by atoms with Gasteiger partial charge in [-0.25, -0.2) is 0 Å². The van der Waals surface area contributed by atoms with Gasteiger partial charge in [0.25, 0.3) is 0 Å². The molecule has 1 aliphatic heterocycles. The quantitative estimate of drug-likeness (QED) is 0.706. The maximum absolute atomic E-state index is 12.0.